The zero-order valence-corrected chi connectivity index (χ0v) is 25.4. The average molecular weight is 579 g/mol. The minimum atomic E-state index is 0.736. The number of methoxy groups -OCH3 is 1. The van der Waals surface area contributed by atoms with Crippen molar-refractivity contribution in [3.05, 3.63) is 126 Å². The maximum Gasteiger partial charge on any atom is 0.141 e. The van der Waals surface area contributed by atoms with E-state index in [-0.39, 0.29) is 0 Å². The van der Waals surface area contributed by atoms with E-state index in [1.54, 1.807) is 13.3 Å². The lowest BCUT2D eigenvalue weighted by Crippen LogP contribution is -1.98. The standard InChI is InChI=1S/C38H34N4O2/c1-5-26-18-25(3)19-27(6-2)38(26)28-23-40-41(24-28)29-10-9-11-31(20-29)44-32-14-15-34-33-12-7-8-13-35(33)42(36(34)21-32)37-22-30(43-4)16-17-39-37/h7-24H,5-6H2,1-4H3. The van der Waals surface area contributed by atoms with Gasteiger partial charge in [0.1, 0.15) is 23.1 Å². The van der Waals surface area contributed by atoms with Crippen molar-refractivity contribution in [2.75, 3.05) is 7.11 Å². The monoisotopic (exact) mass is 578 g/mol. The molecule has 0 bridgehead atoms. The van der Waals surface area contributed by atoms with Crippen molar-refractivity contribution in [1.29, 1.82) is 0 Å². The quantitative estimate of drug-likeness (QED) is 0.180. The summed E-state index contributed by atoms with van der Waals surface area (Å²) in [5.41, 5.74) is 9.47. The highest BCUT2D eigenvalue weighted by Gasteiger charge is 2.16. The average Bonchev–Trinajstić information content (AvgIpc) is 3.67. The summed E-state index contributed by atoms with van der Waals surface area (Å²) in [6, 6.07) is 31.0. The molecule has 0 spiro atoms. The summed E-state index contributed by atoms with van der Waals surface area (Å²) in [4.78, 5) is 4.67. The molecule has 4 aromatic carbocycles. The minimum Gasteiger partial charge on any atom is -0.497 e. The molecule has 0 saturated carbocycles. The number of hydrogen-bond acceptors (Lipinski definition) is 4. The number of rotatable bonds is 8. The van der Waals surface area contributed by atoms with Gasteiger partial charge < -0.3 is 9.47 Å². The number of pyridine rings is 1. The molecular weight excluding hydrogens is 544 g/mol. The topological polar surface area (TPSA) is 54.1 Å². The van der Waals surface area contributed by atoms with E-state index < -0.39 is 0 Å². The van der Waals surface area contributed by atoms with E-state index in [0.717, 1.165) is 69.0 Å². The van der Waals surface area contributed by atoms with Crippen molar-refractivity contribution >= 4 is 21.8 Å². The Labute approximate surface area is 257 Å². The van der Waals surface area contributed by atoms with E-state index in [2.05, 4.69) is 85.1 Å². The summed E-state index contributed by atoms with van der Waals surface area (Å²) >= 11 is 0. The van der Waals surface area contributed by atoms with E-state index >= 15 is 0 Å². The molecule has 0 aliphatic rings. The first-order valence-electron chi connectivity index (χ1n) is 15.1. The van der Waals surface area contributed by atoms with Gasteiger partial charge in [-0.3, -0.25) is 4.57 Å². The van der Waals surface area contributed by atoms with E-state index in [4.69, 9.17) is 14.6 Å². The molecule has 0 atom stereocenters. The van der Waals surface area contributed by atoms with E-state index in [1.165, 1.54) is 22.3 Å². The molecule has 7 aromatic rings. The van der Waals surface area contributed by atoms with Crippen molar-refractivity contribution in [3.63, 3.8) is 0 Å². The van der Waals surface area contributed by atoms with Gasteiger partial charge in [0, 0.05) is 46.9 Å². The van der Waals surface area contributed by atoms with Crippen LogP contribution in [0.5, 0.6) is 17.2 Å². The maximum atomic E-state index is 6.46. The van der Waals surface area contributed by atoms with E-state index in [1.807, 2.05) is 53.3 Å². The Kier molecular flexibility index (Phi) is 7.10. The molecule has 7 rings (SSSR count). The molecule has 0 fully saturated rings. The summed E-state index contributed by atoms with van der Waals surface area (Å²) in [5.74, 6) is 3.02. The molecule has 3 heterocycles. The molecule has 6 nitrogen and oxygen atoms in total. The Morgan fingerprint density at radius 1 is 0.727 bits per heavy atom. The summed E-state index contributed by atoms with van der Waals surface area (Å²) in [6.45, 7) is 6.60. The molecule has 0 aliphatic carbocycles. The molecular formula is C38H34N4O2. The highest BCUT2D eigenvalue weighted by atomic mass is 16.5. The van der Waals surface area contributed by atoms with Crippen molar-refractivity contribution in [1.82, 2.24) is 19.3 Å². The van der Waals surface area contributed by atoms with Crippen molar-refractivity contribution in [3.8, 4) is 39.9 Å². The van der Waals surface area contributed by atoms with Gasteiger partial charge in [0.05, 0.1) is 30.0 Å². The lowest BCUT2D eigenvalue weighted by atomic mass is 9.91. The smallest absolute Gasteiger partial charge is 0.141 e. The third-order valence-electron chi connectivity index (χ3n) is 8.22. The predicted molar refractivity (Wildman–Crippen MR) is 178 cm³/mol. The van der Waals surface area contributed by atoms with Crippen LogP contribution >= 0.6 is 0 Å². The van der Waals surface area contributed by atoms with Gasteiger partial charge in [-0.2, -0.15) is 5.10 Å². The lowest BCUT2D eigenvalue weighted by molar-refractivity contribution is 0.414. The fourth-order valence-corrected chi connectivity index (χ4v) is 6.20. The first-order chi connectivity index (χ1) is 21.6. The van der Waals surface area contributed by atoms with Gasteiger partial charge in [0.25, 0.3) is 0 Å². The Bertz CT molecular complexity index is 2110. The Hall–Kier alpha value is -5.36. The number of benzene rings is 4. The van der Waals surface area contributed by atoms with Crippen LogP contribution in [-0.2, 0) is 12.8 Å². The third-order valence-corrected chi connectivity index (χ3v) is 8.22. The third kappa shape index (κ3) is 4.88. The minimum absolute atomic E-state index is 0.736. The molecule has 0 radical (unpaired) electrons. The van der Waals surface area contributed by atoms with Crippen LogP contribution in [0.15, 0.2) is 110 Å². The molecule has 0 aliphatic heterocycles. The Balaban J connectivity index is 1.25. The second-order valence-electron chi connectivity index (χ2n) is 11.0. The van der Waals surface area contributed by atoms with Crippen LogP contribution in [0.2, 0.25) is 0 Å². The van der Waals surface area contributed by atoms with Gasteiger partial charge in [-0.15, -0.1) is 0 Å². The van der Waals surface area contributed by atoms with Crippen LogP contribution in [-0.4, -0.2) is 26.4 Å². The fourth-order valence-electron chi connectivity index (χ4n) is 6.20. The van der Waals surface area contributed by atoms with Gasteiger partial charge in [0.15, 0.2) is 0 Å². The highest BCUT2D eigenvalue weighted by molar-refractivity contribution is 6.09. The Morgan fingerprint density at radius 2 is 1.50 bits per heavy atom. The summed E-state index contributed by atoms with van der Waals surface area (Å²) < 4.78 is 16.0. The van der Waals surface area contributed by atoms with Gasteiger partial charge in [-0.05, 0) is 72.9 Å². The van der Waals surface area contributed by atoms with Crippen molar-refractivity contribution in [2.24, 2.45) is 0 Å². The summed E-state index contributed by atoms with van der Waals surface area (Å²) in [7, 11) is 1.67. The Morgan fingerprint density at radius 3 is 2.30 bits per heavy atom. The largest absolute Gasteiger partial charge is 0.497 e. The van der Waals surface area contributed by atoms with Crippen LogP contribution in [0.4, 0.5) is 0 Å². The number of aromatic nitrogens is 4. The fraction of sp³-hybridized carbons (Fsp3) is 0.158. The molecule has 0 saturated heterocycles. The second-order valence-corrected chi connectivity index (χ2v) is 11.0. The van der Waals surface area contributed by atoms with E-state index in [9.17, 15) is 0 Å². The SMILES string of the molecule is CCc1cc(C)cc(CC)c1-c1cnn(-c2cccc(Oc3ccc4c5ccccc5n(-c5cc(OC)ccn5)c4c3)c2)c1. The van der Waals surface area contributed by atoms with Crippen LogP contribution in [0.3, 0.4) is 0 Å². The molecule has 6 heteroatoms. The van der Waals surface area contributed by atoms with Crippen molar-refractivity contribution < 1.29 is 9.47 Å². The van der Waals surface area contributed by atoms with Crippen LogP contribution in [0.25, 0.3) is 44.4 Å². The normalized spacial score (nSPS) is 11.4. The molecule has 0 N–H and O–H groups in total. The highest BCUT2D eigenvalue weighted by Crippen LogP contribution is 2.36. The molecule has 218 valence electrons. The molecule has 44 heavy (non-hydrogen) atoms. The van der Waals surface area contributed by atoms with Gasteiger partial charge in [-0.25, -0.2) is 9.67 Å². The number of nitrogens with zero attached hydrogens (tertiary/aromatic N) is 4. The molecule has 3 aromatic heterocycles. The number of aryl methyl sites for hydroxylation is 3. The van der Waals surface area contributed by atoms with E-state index in [0.29, 0.717) is 0 Å². The van der Waals surface area contributed by atoms with Gasteiger partial charge in [-0.1, -0.05) is 55.8 Å². The van der Waals surface area contributed by atoms with Crippen LogP contribution < -0.4 is 9.47 Å². The first-order valence-corrected chi connectivity index (χ1v) is 15.1. The second kappa shape index (κ2) is 11.4. The summed E-state index contributed by atoms with van der Waals surface area (Å²) in [6.07, 6.45) is 7.82. The number of ether oxygens (including phenoxy) is 2. The number of para-hydroxylation sites is 1. The van der Waals surface area contributed by atoms with Crippen molar-refractivity contribution in [2.45, 2.75) is 33.6 Å². The zero-order chi connectivity index (χ0) is 30.2. The lowest BCUT2D eigenvalue weighted by Gasteiger charge is -2.13. The zero-order valence-electron chi connectivity index (χ0n) is 25.4. The van der Waals surface area contributed by atoms with Crippen LogP contribution in [0, 0.1) is 6.92 Å². The van der Waals surface area contributed by atoms with Crippen LogP contribution in [0.1, 0.15) is 30.5 Å². The molecule has 0 amide bonds. The molecule has 0 unspecified atom stereocenters. The first kappa shape index (κ1) is 27.5. The predicted octanol–water partition coefficient (Wildman–Crippen LogP) is 9.27. The summed E-state index contributed by atoms with van der Waals surface area (Å²) in [5, 5.41) is 7.03. The van der Waals surface area contributed by atoms with Gasteiger partial charge >= 0.3 is 0 Å². The maximum absolute atomic E-state index is 6.46. The number of fused-ring (bicyclic) bond motifs is 3. The number of hydrogen-bond donors (Lipinski definition) is 0. The van der Waals surface area contributed by atoms with Gasteiger partial charge in [0.2, 0.25) is 0 Å².